The number of hydrogen-bond acceptors (Lipinski definition) is 6. The van der Waals surface area contributed by atoms with Crippen molar-refractivity contribution in [2.24, 2.45) is 0 Å². The lowest BCUT2D eigenvalue weighted by atomic mass is 10.2. The van der Waals surface area contributed by atoms with Gasteiger partial charge in [0.2, 0.25) is 0 Å². The van der Waals surface area contributed by atoms with Crippen LogP contribution in [0.1, 0.15) is 10.5 Å². The van der Waals surface area contributed by atoms with E-state index < -0.39 is 5.91 Å². The molecule has 2 aromatic carbocycles. The number of amides is 1. The van der Waals surface area contributed by atoms with Crippen molar-refractivity contribution < 1.29 is 14.3 Å². The minimum atomic E-state index is -0.411. The van der Waals surface area contributed by atoms with Crippen LogP contribution in [0.2, 0.25) is 5.02 Å². The van der Waals surface area contributed by atoms with Gasteiger partial charge in [0.1, 0.15) is 29.3 Å². The zero-order chi connectivity index (χ0) is 19.2. The Hall–Kier alpha value is -3.32. The van der Waals surface area contributed by atoms with Crippen molar-refractivity contribution in [3.05, 3.63) is 65.6 Å². The highest BCUT2D eigenvalue weighted by molar-refractivity contribution is 6.31. The first-order chi connectivity index (χ1) is 13.1. The van der Waals surface area contributed by atoms with Crippen LogP contribution in [0.5, 0.6) is 11.5 Å². The SMILES string of the molecule is COc1cccc(Nc2cc(C(=O)Nc3cc(Cl)ccc3OC)ncn2)c1. The van der Waals surface area contributed by atoms with Crippen LogP contribution in [0.3, 0.4) is 0 Å². The van der Waals surface area contributed by atoms with Crippen LogP contribution in [0.15, 0.2) is 54.9 Å². The van der Waals surface area contributed by atoms with Gasteiger partial charge < -0.3 is 20.1 Å². The van der Waals surface area contributed by atoms with Crippen LogP contribution < -0.4 is 20.1 Å². The number of hydrogen-bond donors (Lipinski definition) is 2. The number of carbonyl (C=O) groups is 1. The highest BCUT2D eigenvalue weighted by atomic mass is 35.5. The summed E-state index contributed by atoms with van der Waals surface area (Å²) in [5.41, 5.74) is 1.42. The minimum absolute atomic E-state index is 0.192. The fourth-order valence-electron chi connectivity index (χ4n) is 2.36. The van der Waals surface area contributed by atoms with Crippen molar-refractivity contribution in [2.45, 2.75) is 0 Å². The van der Waals surface area contributed by atoms with Gasteiger partial charge in [0.05, 0.1) is 19.9 Å². The first-order valence-electron chi connectivity index (χ1n) is 7.97. The number of nitrogens with one attached hydrogen (secondary N) is 2. The summed E-state index contributed by atoms with van der Waals surface area (Å²) in [6, 6.07) is 13.9. The summed E-state index contributed by atoms with van der Waals surface area (Å²) in [7, 11) is 3.11. The van der Waals surface area contributed by atoms with Crippen molar-refractivity contribution in [1.29, 1.82) is 0 Å². The Morgan fingerprint density at radius 2 is 1.89 bits per heavy atom. The molecule has 138 valence electrons. The van der Waals surface area contributed by atoms with E-state index in [0.29, 0.717) is 28.0 Å². The molecule has 0 aliphatic heterocycles. The molecule has 0 aliphatic carbocycles. The minimum Gasteiger partial charge on any atom is -0.497 e. The molecule has 1 heterocycles. The Kier molecular flexibility index (Phi) is 5.73. The number of methoxy groups -OCH3 is 2. The fourth-order valence-corrected chi connectivity index (χ4v) is 2.53. The summed E-state index contributed by atoms with van der Waals surface area (Å²) in [6.45, 7) is 0. The Morgan fingerprint density at radius 3 is 2.67 bits per heavy atom. The van der Waals surface area contributed by atoms with Gasteiger partial charge in [-0.2, -0.15) is 0 Å². The molecule has 0 saturated carbocycles. The van der Waals surface area contributed by atoms with Gasteiger partial charge in [-0.15, -0.1) is 0 Å². The molecule has 0 fully saturated rings. The highest BCUT2D eigenvalue weighted by Gasteiger charge is 2.13. The maximum absolute atomic E-state index is 12.6. The van der Waals surface area contributed by atoms with Gasteiger partial charge in [0.15, 0.2) is 0 Å². The van der Waals surface area contributed by atoms with Gasteiger partial charge in [-0.25, -0.2) is 9.97 Å². The molecule has 8 heteroatoms. The van der Waals surface area contributed by atoms with E-state index in [1.807, 2.05) is 24.3 Å². The Bertz CT molecular complexity index is 965. The summed E-state index contributed by atoms with van der Waals surface area (Å²) in [6.07, 6.45) is 1.31. The predicted octanol–water partition coefficient (Wildman–Crippen LogP) is 4.14. The Balaban J connectivity index is 1.78. The zero-order valence-electron chi connectivity index (χ0n) is 14.7. The molecule has 0 spiro atoms. The zero-order valence-corrected chi connectivity index (χ0v) is 15.4. The molecule has 7 nitrogen and oxygen atoms in total. The molecule has 2 N–H and O–H groups in total. The van der Waals surface area contributed by atoms with E-state index >= 15 is 0 Å². The molecule has 0 saturated heterocycles. The number of nitrogens with zero attached hydrogens (tertiary/aromatic N) is 2. The molecular formula is C19H17ClN4O3. The lowest BCUT2D eigenvalue weighted by Crippen LogP contribution is -2.15. The van der Waals surface area contributed by atoms with Gasteiger partial charge in [0.25, 0.3) is 5.91 Å². The van der Waals surface area contributed by atoms with Crippen molar-refractivity contribution in [2.75, 3.05) is 24.9 Å². The van der Waals surface area contributed by atoms with Gasteiger partial charge >= 0.3 is 0 Å². The van der Waals surface area contributed by atoms with E-state index in [4.69, 9.17) is 21.1 Å². The van der Waals surface area contributed by atoms with Crippen molar-refractivity contribution in [1.82, 2.24) is 9.97 Å². The average molecular weight is 385 g/mol. The average Bonchev–Trinajstić information content (AvgIpc) is 2.68. The molecule has 1 amide bonds. The second kappa shape index (κ2) is 8.37. The molecule has 0 radical (unpaired) electrons. The lowest BCUT2D eigenvalue weighted by molar-refractivity contribution is 0.102. The second-order valence-corrected chi connectivity index (χ2v) is 5.88. The summed E-state index contributed by atoms with van der Waals surface area (Å²) >= 11 is 5.99. The molecule has 0 aliphatic rings. The third-order valence-electron chi connectivity index (χ3n) is 3.65. The Morgan fingerprint density at radius 1 is 1.04 bits per heavy atom. The molecule has 1 aromatic heterocycles. The van der Waals surface area contributed by atoms with Crippen LogP contribution in [-0.4, -0.2) is 30.1 Å². The monoisotopic (exact) mass is 384 g/mol. The van der Waals surface area contributed by atoms with Gasteiger partial charge in [0, 0.05) is 22.8 Å². The number of halogens is 1. The summed E-state index contributed by atoms with van der Waals surface area (Å²) < 4.78 is 10.4. The van der Waals surface area contributed by atoms with Crippen LogP contribution in [0.4, 0.5) is 17.2 Å². The number of carbonyl (C=O) groups excluding carboxylic acids is 1. The van der Waals surface area contributed by atoms with Crippen molar-refractivity contribution in [3.8, 4) is 11.5 Å². The number of rotatable bonds is 6. The normalized spacial score (nSPS) is 10.2. The Labute approximate surface area is 161 Å². The quantitative estimate of drug-likeness (QED) is 0.664. The second-order valence-electron chi connectivity index (χ2n) is 5.44. The summed E-state index contributed by atoms with van der Waals surface area (Å²) in [5.74, 6) is 1.27. The van der Waals surface area contributed by atoms with Crippen molar-refractivity contribution in [3.63, 3.8) is 0 Å². The van der Waals surface area contributed by atoms with E-state index in [2.05, 4.69) is 20.6 Å². The van der Waals surface area contributed by atoms with Crippen LogP contribution in [0, 0.1) is 0 Å². The summed E-state index contributed by atoms with van der Waals surface area (Å²) in [5, 5.41) is 6.33. The van der Waals surface area contributed by atoms with Gasteiger partial charge in [-0.05, 0) is 30.3 Å². The molecular weight excluding hydrogens is 368 g/mol. The molecule has 0 unspecified atom stereocenters. The largest absolute Gasteiger partial charge is 0.497 e. The van der Waals surface area contributed by atoms with E-state index in [1.54, 1.807) is 31.4 Å². The third kappa shape index (κ3) is 4.65. The number of aromatic nitrogens is 2. The number of ether oxygens (including phenoxy) is 2. The first-order valence-corrected chi connectivity index (χ1v) is 8.35. The highest BCUT2D eigenvalue weighted by Crippen LogP contribution is 2.28. The predicted molar refractivity (Wildman–Crippen MR) is 104 cm³/mol. The third-order valence-corrected chi connectivity index (χ3v) is 3.89. The van der Waals surface area contributed by atoms with E-state index in [0.717, 1.165) is 5.69 Å². The fraction of sp³-hybridized carbons (Fsp3) is 0.105. The molecule has 27 heavy (non-hydrogen) atoms. The van der Waals surface area contributed by atoms with Crippen LogP contribution in [0.25, 0.3) is 0 Å². The van der Waals surface area contributed by atoms with E-state index in [1.165, 1.54) is 13.4 Å². The van der Waals surface area contributed by atoms with E-state index in [-0.39, 0.29) is 5.69 Å². The van der Waals surface area contributed by atoms with Crippen LogP contribution in [-0.2, 0) is 0 Å². The number of anilines is 3. The number of benzene rings is 2. The molecule has 0 bridgehead atoms. The molecule has 3 rings (SSSR count). The van der Waals surface area contributed by atoms with Crippen molar-refractivity contribution >= 4 is 34.7 Å². The lowest BCUT2D eigenvalue weighted by Gasteiger charge is -2.11. The first kappa shape index (κ1) is 18.5. The van der Waals surface area contributed by atoms with Gasteiger partial charge in [-0.3, -0.25) is 4.79 Å². The summed E-state index contributed by atoms with van der Waals surface area (Å²) in [4.78, 5) is 20.7. The smallest absolute Gasteiger partial charge is 0.274 e. The van der Waals surface area contributed by atoms with Crippen LogP contribution >= 0.6 is 11.6 Å². The van der Waals surface area contributed by atoms with E-state index in [9.17, 15) is 4.79 Å². The van der Waals surface area contributed by atoms with Gasteiger partial charge in [-0.1, -0.05) is 17.7 Å². The maximum atomic E-state index is 12.6. The topological polar surface area (TPSA) is 85.4 Å². The molecule has 0 atom stereocenters. The molecule has 3 aromatic rings. The standard InChI is InChI=1S/C19H17ClN4O3/c1-26-14-5-3-4-13(9-14)23-18-10-16(21-11-22-18)19(25)24-15-8-12(20)6-7-17(15)27-2/h3-11H,1-2H3,(H,24,25)(H,21,22,23). The maximum Gasteiger partial charge on any atom is 0.274 e.